The molecule has 0 saturated carbocycles. The number of halogens is 3. The fraction of sp³-hybridized carbons (Fsp3) is 0.333. The van der Waals surface area contributed by atoms with E-state index in [4.69, 9.17) is 0 Å². The maximum absolute atomic E-state index is 12.7. The maximum atomic E-state index is 12.7. The largest absolute Gasteiger partial charge is 0.573 e. The van der Waals surface area contributed by atoms with E-state index in [0.717, 1.165) is 53.5 Å². The van der Waals surface area contributed by atoms with Gasteiger partial charge in [0.1, 0.15) is 12.1 Å². The third kappa shape index (κ3) is 8.65. The molecular weight excluding hydrogens is 601 g/mol. The van der Waals surface area contributed by atoms with Crippen LogP contribution in [0.1, 0.15) is 49.3 Å². The zero-order chi connectivity index (χ0) is 32.0. The number of hydrogen-bond donors (Lipinski definition) is 1. The van der Waals surface area contributed by atoms with Crippen molar-refractivity contribution in [2.45, 2.75) is 52.3 Å². The predicted molar refractivity (Wildman–Crippen MR) is 172 cm³/mol. The van der Waals surface area contributed by atoms with Crippen molar-refractivity contribution in [2.75, 3.05) is 23.7 Å². The Bertz CT molecular complexity index is 1650. The number of unbranched alkanes of at least 4 members (excludes halogenated alkanes) is 1. The van der Waals surface area contributed by atoms with Crippen molar-refractivity contribution in [1.29, 1.82) is 0 Å². The Hall–Kier alpha value is -4.32. The third-order valence-corrected chi connectivity index (χ3v) is 8.21. The van der Waals surface area contributed by atoms with E-state index in [2.05, 4.69) is 69.0 Å². The second-order valence-corrected chi connectivity index (χ2v) is 12.1. The van der Waals surface area contributed by atoms with Crippen LogP contribution in [0, 0.1) is 6.92 Å². The first-order valence-corrected chi connectivity index (χ1v) is 15.8. The molecule has 1 aliphatic heterocycles. The Labute approximate surface area is 264 Å². The number of amides is 2. The minimum Gasteiger partial charge on any atom is -0.406 e. The van der Waals surface area contributed by atoms with Gasteiger partial charge in [-0.05, 0) is 85.2 Å². The number of amidine groups is 1. The van der Waals surface area contributed by atoms with Gasteiger partial charge in [0.05, 0.1) is 5.69 Å². The minimum atomic E-state index is -4.74. The average molecular weight is 637 g/mol. The van der Waals surface area contributed by atoms with Gasteiger partial charge < -0.3 is 15.0 Å². The summed E-state index contributed by atoms with van der Waals surface area (Å²) in [6.45, 7) is 7.78. The molecule has 0 radical (unpaired) electrons. The summed E-state index contributed by atoms with van der Waals surface area (Å²) < 4.78 is 42.7. The summed E-state index contributed by atoms with van der Waals surface area (Å²) in [5.41, 5.74) is 6.05. The van der Waals surface area contributed by atoms with E-state index >= 15 is 0 Å². The standard InChI is InChI=1S/C33H35F3N6O2S/c1-22(2)28-15-10-23(3)19-29(28)41-17-18-45-32(41)39-31(43)37-16-5-4-7-24-8-6-9-25(20-24)30-38-21-42(40-30)26-11-13-27(14-12-26)44-33(34,35)36/h6,8-15,19-22H,4-5,7,16-18H2,1-3H3,(H,37,43)/b39-32-. The third-order valence-electron chi connectivity index (χ3n) is 7.25. The highest BCUT2D eigenvalue weighted by Crippen LogP contribution is 2.33. The van der Waals surface area contributed by atoms with Crippen LogP contribution in [-0.2, 0) is 6.42 Å². The van der Waals surface area contributed by atoms with Gasteiger partial charge in [-0.2, -0.15) is 4.99 Å². The predicted octanol–water partition coefficient (Wildman–Crippen LogP) is 7.91. The molecule has 0 spiro atoms. The van der Waals surface area contributed by atoms with Crippen molar-refractivity contribution in [3.63, 3.8) is 0 Å². The summed E-state index contributed by atoms with van der Waals surface area (Å²) in [7, 11) is 0. The van der Waals surface area contributed by atoms with Gasteiger partial charge in [0.15, 0.2) is 11.0 Å². The van der Waals surface area contributed by atoms with Crippen molar-refractivity contribution >= 4 is 28.6 Å². The van der Waals surface area contributed by atoms with Gasteiger partial charge in [0, 0.05) is 30.1 Å². The highest BCUT2D eigenvalue weighted by molar-refractivity contribution is 8.14. The number of ether oxygens (including phenoxy) is 1. The van der Waals surface area contributed by atoms with Crippen LogP contribution in [0.15, 0.2) is 78.0 Å². The average Bonchev–Trinajstić information content (AvgIpc) is 3.67. The summed E-state index contributed by atoms with van der Waals surface area (Å²) in [5.74, 6) is 1.46. The summed E-state index contributed by atoms with van der Waals surface area (Å²) >= 11 is 1.60. The van der Waals surface area contributed by atoms with Gasteiger partial charge in [0.25, 0.3) is 0 Å². The molecule has 2 amide bonds. The minimum absolute atomic E-state index is 0.301. The van der Waals surface area contributed by atoms with Gasteiger partial charge in [-0.1, -0.05) is 55.9 Å². The Morgan fingerprint density at radius 2 is 1.89 bits per heavy atom. The van der Waals surface area contributed by atoms with Crippen LogP contribution >= 0.6 is 11.8 Å². The molecule has 2 heterocycles. The summed E-state index contributed by atoms with van der Waals surface area (Å²) in [6, 6.07) is 19.5. The lowest BCUT2D eigenvalue weighted by Gasteiger charge is -2.23. The molecule has 5 rings (SSSR count). The monoisotopic (exact) mass is 636 g/mol. The number of nitrogens with zero attached hydrogens (tertiary/aromatic N) is 5. The number of carbonyl (C=O) groups is 1. The number of anilines is 1. The Morgan fingerprint density at radius 3 is 2.64 bits per heavy atom. The molecule has 0 aliphatic carbocycles. The van der Waals surface area contributed by atoms with Crippen LogP contribution in [0.25, 0.3) is 17.1 Å². The molecule has 1 N–H and O–H groups in total. The Kier molecular flexibility index (Phi) is 10.1. The lowest BCUT2D eigenvalue weighted by atomic mass is 9.99. The number of aromatic nitrogens is 3. The lowest BCUT2D eigenvalue weighted by Crippen LogP contribution is -2.29. The molecule has 4 aromatic rings. The van der Waals surface area contributed by atoms with Gasteiger partial charge in [0.2, 0.25) is 0 Å². The molecule has 8 nitrogen and oxygen atoms in total. The normalized spacial score (nSPS) is 14.4. The fourth-order valence-electron chi connectivity index (χ4n) is 5.06. The number of urea groups is 1. The SMILES string of the molecule is Cc1ccc(C(C)C)c(N2CCS/C2=N\C(=O)NCCCCc2cccc(-c3ncn(-c4ccc(OC(F)(F)F)cc4)n3)c2)c1. The van der Waals surface area contributed by atoms with E-state index in [1.165, 1.54) is 46.4 Å². The number of aliphatic imine (C=N–C) groups is 1. The quantitative estimate of drug-likeness (QED) is 0.178. The zero-order valence-corrected chi connectivity index (χ0v) is 26.2. The molecule has 0 unspecified atom stereocenters. The van der Waals surface area contributed by atoms with E-state index in [1.54, 1.807) is 11.8 Å². The molecule has 1 aliphatic rings. The number of rotatable bonds is 10. The topological polar surface area (TPSA) is 84.6 Å². The zero-order valence-electron chi connectivity index (χ0n) is 25.3. The Morgan fingerprint density at radius 1 is 1.09 bits per heavy atom. The number of carbonyl (C=O) groups excluding carboxylic acids is 1. The van der Waals surface area contributed by atoms with Crippen LogP contribution in [-0.4, -0.2) is 51.2 Å². The Balaban J connectivity index is 1.11. The van der Waals surface area contributed by atoms with Crippen molar-refractivity contribution in [3.05, 3.63) is 89.7 Å². The van der Waals surface area contributed by atoms with E-state index < -0.39 is 6.36 Å². The molecule has 1 saturated heterocycles. The summed E-state index contributed by atoms with van der Waals surface area (Å²) in [6.07, 6.45) is -0.743. The van der Waals surface area contributed by atoms with Crippen LogP contribution in [0.4, 0.5) is 23.7 Å². The highest BCUT2D eigenvalue weighted by Gasteiger charge is 2.31. The smallest absolute Gasteiger partial charge is 0.406 e. The maximum Gasteiger partial charge on any atom is 0.573 e. The number of hydrogen-bond acceptors (Lipinski definition) is 5. The number of aryl methyl sites for hydroxylation is 2. The van der Waals surface area contributed by atoms with Gasteiger partial charge in [-0.25, -0.2) is 14.5 Å². The molecular formula is C33H35F3N6O2S. The molecule has 0 atom stereocenters. The van der Waals surface area contributed by atoms with Crippen LogP contribution in [0.3, 0.4) is 0 Å². The van der Waals surface area contributed by atoms with Crippen LogP contribution in [0.5, 0.6) is 5.75 Å². The van der Waals surface area contributed by atoms with Crippen LogP contribution < -0.4 is 15.0 Å². The van der Waals surface area contributed by atoms with E-state index in [-0.39, 0.29) is 11.8 Å². The van der Waals surface area contributed by atoms with Gasteiger partial charge >= 0.3 is 12.4 Å². The fourth-order valence-corrected chi connectivity index (χ4v) is 6.00. The van der Waals surface area contributed by atoms with E-state index in [1.807, 2.05) is 24.3 Å². The summed E-state index contributed by atoms with van der Waals surface area (Å²) in [5, 5.41) is 8.16. The highest BCUT2D eigenvalue weighted by atomic mass is 32.2. The van der Waals surface area contributed by atoms with E-state index in [9.17, 15) is 18.0 Å². The summed E-state index contributed by atoms with van der Waals surface area (Å²) in [4.78, 5) is 23.6. The molecule has 1 fully saturated rings. The van der Waals surface area contributed by atoms with Crippen molar-refractivity contribution in [2.24, 2.45) is 4.99 Å². The number of nitrogens with one attached hydrogen (secondary N) is 1. The van der Waals surface area contributed by atoms with Crippen molar-refractivity contribution in [1.82, 2.24) is 20.1 Å². The molecule has 1 aromatic heterocycles. The van der Waals surface area contributed by atoms with Crippen molar-refractivity contribution < 1.29 is 22.7 Å². The van der Waals surface area contributed by atoms with Crippen LogP contribution in [0.2, 0.25) is 0 Å². The van der Waals surface area contributed by atoms with E-state index in [0.29, 0.717) is 24.0 Å². The number of thioether (sulfide) groups is 1. The number of alkyl halides is 3. The second-order valence-electron chi connectivity index (χ2n) is 11.1. The molecule has 45 heavy (non-hydrogen) atoms. The number of benzene rings is 3. The molecule has 12 heteroatoms. The lowest BCUT2D eigenvalue weighted by molar-refractivity contribution is -0.274. The molecule has 0 bridgehead atoms. The van der Waals surface area contributed by atoms with Gasteiger partial charge in [-0.15, -0.1) is 18.3 Å². The first-order valence-electron chi connectivity index (χ1n) is 14.8. The molecule has 3 aromatic carbocycles. The second kappa shape index (κ2) is 14.2. The first kappa shape index (κ1) is 32.1. The molecule has 236 valence electrons. The first-order chi connectivity index (χ1) is 21.6. The van der Waals surface area contributed by atoms with Crippen molar-refractivity contribution in [3.8, 4) is 22.8 Å². The van der Waals surface area contributed by atoms with Gasteiger partial charge in [-0.3, -0.25) is 0 Å².